The molecule has 0 N–H and O–H groups in total. The summed E-state index contributed by atoms with van der Waals surface area (Å²) < 4.78 is 7.50. The van der Waals surface area contributed by atoms with Gasteiger partial charge in [0, 0.05) is 24.4 Å². The van der Waals surface area contributed by atoms with Gasteiger partial charge in [0.1, 0.15) is 17.4 Å². The first-order valence-electron chi connectivity index (χ1n) is 8.80. The Morgan fingerprint density at radius 2 is 2.20 bits per heavy atom. The van der Waals surface area contributed by atoms with Crippen LogP contribution in [-0.4, -0.2) is 37.7 Å². The molecule has 0 bridgehead atoms. The fourth-order valence-electron chi connectivity index (χ4n) is 3.58. The molecule has 0 radical (unpaired) electrons. The van der Waals surface area contributed by atoms with E-state index in [0.29, 0.717) is 5.92 Å². The van der Waals surface area contributed by atoms with Crippen LogP contribution < -0.4 is 0 Å². The third kappa shape index (κ3) is 3.49. The normalized spacial score (nSPS) is 18.6. The number of hydrogen-bond donors (Lipinski definition) is 0. The molecule has 3 aromatic heterocycles. The number of rotatable bonds is 4. The summed E-state index contributed by atoms with van der Waals surface area (Å²) in [5, 5.41) is 4.64. The van der Waals surface area contributed by atoms with Crippen molar-refractivity contribution in [3.05, 3.63) is 59.8 Å². The summed E-state index contributed by atoms with van der Waals surface area (Å²) >= 11 is 0. The molecule has 1 saturated heterocycles. The molecule has 1 unspecified atom stereocenters. The molecule has 4 heterocycles. The van der Waals surface area contributed by atoms with E-state index in [0.717, 1.165) is 61.3 Å². The van der Waals surface area contributed by atoms with E-state index in [1.807, 2.05) is 42.9 Å². The number of aryl methyl sites for hydroxylation is 2. The molecule has 0 amide bonds. The fourth-order valence-corrected chi connectivity index (χ4v) is 3.58. The van der Waals surface area contributed by atoms with Crippen molar-refractivity contribution in [1.82, 2.24) is 24.6 Å². The molecule has 0 spiro atoms. The summed E-state index contributed by atoms with van der Waals surface area (Å²) in [7, 11) is 0. The molecule has 130 valence electrons. The lowest BCUT2D eigenvalue weighted by Gasteiger charge is -2.31. The largest absolute Gasteiger partial charge is 0.468 e. The van der Waals surface area contributed by atoms with Gasteiger partial charge >= 0.3 is 0 Å². The zero-order valence-electron chi connectivity index (χ0n) is 14.7. The Balaban J connectivity index is 1.59. The summed E-state index contributed by atoms with van der Waals surface area (Å²) in [5.74, 6) is 3.25. The lowest BCUT2D eigenvalue weighted by atomic mass is 9.97. The zero-order valence-corrected chi connectivity index (χ0v) is 14.7. The van der Waals surface area contributed by atoms with E-state index in [4.69, 9.17) is 9.40 Å². The van der Waals surface area contributed by atoms with Crippen LogP contribution in [0.5, 0.6) is 0 Å². The maximum absolute atomic E-state index is 5.51. The highest BCUT2D eigenvalue weighted by Gasteiger charge is 2.27. The van der Waals surface area contributed by atoms with Crippen molar-refractivity contribution in [2.24, 2.45) is 0 Å². The third-order valence-electron chi connectivity index (χ3n) is 4.69. The van der Waals surface area contributed by atoms with Gasteiger partial charge in [-0.25, -0.2) is 9.67 Å². The molecule has 0 aromatic carbocycles. The van der Waals surface area contributed by atoms with Gasteiger partial charge in [-0.05, 0) is 57.5 Å². The van der Waals surface area contributed by atoms with Gasteiger partial charge in [-0.15, -0.1) is 0 Å². The van der Waals surface area contributed by atoms with Gasteiger partial charge in [0.25, 0.3) is 0 Å². The minimum absolute atomic E-state index is 0.374. The van der Waals surface area contributed by atoms with Gasteiger partial charge in [0.15, 0.2) is 0 Å². The molecule has 1 aliphatic heterocycles. The van der Waals surface area contributed by atoms with Crippen LogP contribution in [-0.2, 0) is 6.54 Å². The highest BCUT2D eigenvalue weighted by molar-refractivity contribution is 5.32. The average molecular weight is 337 g/mol. The third-order valence-corrected chi connectivity index (χ3v) is 4.69. The molecular formula is C19H23N5O. The van der Waals surface area contributed by atoms with E-state index >= 15 is 0 Å². The van der Waals surface area contributed by atoms with Crippen molar-refractivity contribution < 1.29 is 4.42 Å². The molecule has 3 aromatic rings. The maximum Gasteiger partial charge on any atom is 0.148 e. The van der Waals surface area contributed by atoms with E-state index in [9.17, 15) is 0 Å². The van der Waals surface area contributed by atoms with Crippen molar-refractivity contribution in [3.8, 4) is 5.69 Å². The standard InChI is InChI=1S/C19H23N5O/c1-14-11-17(7-8-20-14)24-19(21-15(2)22-24)16-5-3-9-23(12-16)13-18-6-4-10-25-18/h4,6-8,10-11,16H,3,5,9,12-13H2,1-2H3. The van der Waals surface area contributed by atoms with E-state index in [1.54, 1.807) is 6.26 Å². The first kappa shape index (κ1) is 16.0. The molecule has 1 fully saturated rings. The molecule has 0 aliphatic carbocycles. The zero-order chi connectivity index (χ0) is 17.2. The molecular weight excluding hydrogens is 314 g/mol. The number of aromatic nitrogens is 4. The Morgan fingerprint density at radius 3 is 3.00 bits per heavy atom. The van der Waals surface area contributed by atoms with Crippen LogP contribution in [0, 0.1) is 13.8 Å². The van der Waals surface area contributed by atoms with Crippen LogP contribution >= 0.6 is 0 Å². The lowest BCUT2D eigenvalue weighted by Crippen LogP contribution is -2.34. The van der Waals surface area contributed by atoms with Gasteiger partial charge in [0.2, 0.25) is 0 Å². The fraction of sp³-hybridized carbons (Fsp3) is 0.421. The van der Waals surface area contributed by atoms with Gasteiger partial charge in [-0.2, -0.15) is 5.10 Å². The first-order chi connectivity index (χ1) is 12.2. The van der Waals surface area contributed by atoms with Crippen LogP contribution in [0.3, 0.4) is 0 Å². The predicted molar refractivity (Wildman–Crippen MR) is 94.6 cm³/mol. The van der Waals surface area contributed by atoms with Crippen LogP contribution in [0.2, 0.25) is 0 Å². The molecule has 6 nitrogen and oxygen atoms in total. The number of likely N-dealkylation sites (tertiary alicyclic amines) is 1. The predicted octanol–water partition coefficient (Wildman–Crippen LogP) is 3.25. The summed E-state index contributed by atoms with van der Waals surface area (Å²) in [6, 6.07) is 8.04. The van der Waals surface area contributed by atoms with Crippen molar-refractivity contribution in [2.45, 2.75) is 39.2 Å². The number of hydrogen-bond acceptors (Lipinski definition) is 5. The number of pyridine rings is 1. The SMILES string of the molecule is Cc1cc(-n2nc(C)nc2C2CCCN(Cc3ccco3)C2)ccn1. The Kier molecular flexibility index (Phi) is 4.36. The van der Waals surface area contributed by atoms with Crippen LogP contribution in [0.25, 0.3) is 5.69 Å². The Morgan fingerprint density at radius 1 is 1.28 bits per heavy atom. The second kappa shape index (κ2) is 6.80. The number of nitrogens with zero attached hydrogens (tertiary/aromatic N) is 5. The Labute approximate surface area is 147 Å². The van der Waals surface area contributed by atoms with Gasteiger partial charge in [0.05, 0.1) is 18.5 Å². The van der Waals surface area contributed by atoms with Crippen molar-refractivity contribution in [3.63, 3.8) is 0 Å². The Hall–Kier alpha value is -2.47. The van der Waals surface area contributed by atoms with E-state index in [1.165, 1.54) is 0 Å². The van der Waals surface area contributed by atoms with Crippen LogP contribution in [0.1, 0.15) is 41.9 Å². The van der Waals surface area contributed by atoms with E-state index in [-0.39, 0.29) is 0 Å². The van der Waals surface area contributed by atoms with Crippen molar-refractivity contribution >= 4 is 0 Å². The topological polar surface area (TPSA) is 60.0 Å². The van der Waals surface area contributed by atoms with Gasteiger partial charge in [-0.3, -0.25) is 9.88 Å². The molecule has 1 aliphatic rings. The smallest absolute Gasteiger partial charge is 0.148 e. The van der Waals surface area contributed by atoms with Crippen molar-refractivity contribution in [2.75, 3.05) is 13.1 Å². The molecule has 25 heavy (non-hydrogen) atoms. The lowest BCUT2D eigenvalue weighted by molar-refractivity contribution is 0.182. The second-order valence-electron chi connectivity index (χ2n) is 6.74. The van der Waals surface area contributed by atoms with E-state index in [2.05, 4.69) is 21.0 Å². The summed E-state index contributed by atoms with van der Waals surface area (Å²) in [5.41, 5.74) is 2.02. The second-order valence-corrected chi connectivity index (χ2v) is 6.74. The minimum atomic E-state index is 0.374. The minimum Gasteiger partial charge on any atom is -0.468 e. The van der Waals surface area contributed by atoms with Crippen LogP contribution in [0.15, 0.2) is 41.1 Å². The van der Waals surface area contributed by atoms with Gasteiger partial charge < -0.3 is 4.42 Å². The maximum atomic E-state index is 5.51. The monoisotopic (exact) mass is 337 g/mol. The quantitative estimate of drug-likeness (QED) is 0.731. The molecule has 1 atom stereocenters. The highest BCUT2D eigenvalue weighted by Crippen LogP contribution is 2.28. The molecule has 0 saturated carbocycles. The first-order valence-corrected chi connectivity index (χ1v) is 8.80. The Bertz CT molecular complexity index is 839. The van der Waals surface area contributed by atoms with Gasteiger partial charge in [-0.1, -0.05) is 0 Å². The summed E-state index contributed by atoms with van der Waals surface area (Å²) in [4.78, 5) is 11.5. The molecule has 6 heteroatoms. The average Bonchev–Trinajstić information content (AvgIpc) is 3.25. The number of piperidine rings is 1. The van der Waals surface area contributed by atoms with E-state index < -0.39 is 0 Å². The summed E-state index contributed by atoms with van der Waals surface area (Å²) in [6.07, 6.45) is 5.86. The highest BCUT2D eigenvalue weighted by atomic mass is 16.3. The molecule has 4 rings (SSSR count). The van der Waals surface area contributed by atoms with Crippen LogP contribution in [0.4, 0.5) is 0 Å². The summed E-state index contributed by atoms with van der Waals surface area (Å²) in [6.45, 7) is 6.88. The number of furan rings is 1. The van der Waals surface area contributed by atoms with Crippen molar-refractivity contribution in [1.29, 1.82) is 0 Å².